The maximum atomic E-state index is 12.7. The highest BCUT2D eigenvalue weighted by molar-refractivity contribution is 5.96. The Morgan fingerprint density at radius 3 is 2.43 bits per heavy atom. The van der Waals surface area contributed by atoms with E-state index in [1.807, 2.05) is 77.5 Å². The van der Waals surface area contributed by atoms with E-state index in [1.165, 1.54) is 0 Å². The molecule has 1 amide bonds. The summed E-state index contributed by atoms with van der Waals surface area (Å²) in [7, 11) is 1.65. The van der Waals surface area contributed by atoms with Gasteiger partial charge in [0.15, 0.2) is 0 Å². The number of anilines is 1. The number of fused-ring (bicyclic) bond motifs is 1. The maximum absolute atomic E-state index is 12.7. The van der Waals surface area contributed by atoms with Crippen LogP contribution in [0.25, 0.3) is 16.9 Å². The van der Waals surface area contributed by atoms with Gasteiger partial charge < -0.3 is 10.1 Å². The first kappa shape index (κ1) is 18.2. The molecule has 1 atom stereocenters. The number of aromatic nitrogens is 2. The highest BCUT2D eigenvalue weighted by Gasteiger charge is 2.34. The van der Waals surface area contributed by atoms with Crippen molar-refractivity contribution in [3.8, 4) is 22.7 Å². The quantitative estimate of drug-likeness (QED) is 0.528. The fraction of sp³-hybridized carbons (Fsp3) is 0.120. The molecule has 1 aliphatic heterocycles. The van der Waals surface area contributed by atoms with Crippen molar-refractivity contribution in [2.45, 2.75) is 12.3 Å². The van der Waals surface area contributed by atoms with Crippen molar-refractivity contribution in [1.29, 1.82) is 0 Å². The normalized spacial score (nSPS) is 15.4. The molecule has 5 heteroatoms. The molecule has 3 aromatic carbocycles. The molecule has 30 heavy (non-hydrogen) atoms. The monoisotopic (exact) mass is 395 g/mol. The molecule has 5 nitrogen and oxygen atoms in total. The summed E-state index contributed by atoms with van der Waals surface area (Å²) in [4.78, 5) is 12.7. The molecule has 0 radical (unpaired) electrons. The predicted molar refractivity (Wildman–Crippen MR) is 117 cm³/mol. The van der Waals surface area contributed by atoms with Crippen LogP contribution in [-0.2, 0) is 4.79 Å². The lowest BCUT2D eigenvalue weighted by molar-refractivity contribution is -0.116. The number of methoxy groups -OCH3 is 1. The Labute approximate surface area is 174 Å². The molecule has 2 heterocycles. The van der Waals surface area contributed by atoms with Gasteiger partial charge in [-0.2, -0.15) is 5.10 Å². The average Bonchev–Trinajstić information content (AvgIpc) is 3.19. The van der Waals surface area contributed by atoms with Gasteiger partial charge in [0, 0.05) is 23.5 Å². The zero-order valence-electron chi connectivity index (χ0n) is 16.6. The van der Waals surface area contributed by atoms with E-state index in [-0.39, 0.29) is 11.8 Å². The number of hydrogen-bond acceptors (Lipinski definition) is 3. The summed E-state index contributed by atoms with van der Waals surface area (Å²) in [6.45, 7) is 0. The Morgan fingerprint density at radius 1 is 0.967 bits per heavy atom. The molecule has 0 spiro atoms. The summed E-state index contributed by atoms with van der Waals surface area (Å²) in [5.74, 6) is 1.37. The predicted octanol–water partition coefficient (Wildman–Crippen LogP) is 5.02. The van der Waals surface area contributed by atoms with E-state index in [0.29, 0.717) is 6.42 Å². The Balaban J connectivity index is 1.76. The number of hydrogen-bond donors (Lipinski definition) is 1. The zero-order valence-corrected chi connectivity index (χ0v) is 16.6. The highest BCUT2D eigenvalue weighted by Crippen LogP contribution is 2.44. The van der Waals surface area contributed by atoms with Crippen LogP contribution in [0.3, 0.4) is 0 Å². The number of amides is 1. The van der Waals surface area contributed by atoms with Crippen molar-refractivity contribution < 1.29 is 9.53 Å². The van der Waals surface area contributed by atoms with E-state index in [0.717, 1.165) is 39.6 Å². The van der Waals surface area contributed by atoms with Crippen LogP contribution in [0.2, 0.25) is 0 Å². The van der Waals surface area contributed by atoms with E-state index in [4.69, 9.17) is 9.84 Å². The lowest BCUT2D eigenvalue weighted by Gasteiger charge is -2.25. The van der Waals surface area contributed by atoms with E-state index >= 15 is 0 Å². The van der Waals surface area contributed by atoms with Gasteiger partial charge in [0.25, 0.3) is 0 Å². The van der Waals surface area contributed by atoms with Crippen LogP contribution in [0.15, 0.2) is 84.9 Å². The smallest absolute Gasteiger partial charge is 0.226 e. The fourth-order valence-electron chi connectivity index (χ4n) is 4.06. The fourth-order valence-corrected chi connectivity index (χ4v) is 4.06. The molecule has 0 saturated carbocycles. The molecule has 0 bridgehead atoms. The number of ether oxygens (including phenoxy) is 1. The van der Waals surface area contributed by atoms with Gasteiger partial charge in [-0.3, -0.25) is 4.79 Å². The second-order valence-electron chi connectivity index (χ2n) is 7.31. The van der Waals surface area contributed by atoms with Gasteiger partial charge in [-0.25, -0.2) is 4.68 Å². The van der Waals surface area contributed by atoms with Crippen LogP contribution >= 0.6 is 0 Å². The van der Waals surface area contributed by atoms with Gasteiger partial charge in [0.05, 0.1) is 18.5 Å². The van der Waals surface area contributed by atoms with Gasteiger partial charge in [-0.15, -0.1) is 0 Å². The molecule has 148 valence electrons. The van der Waals surface area contributed by atoms with Crippen molar-refractivity contribution >= 4 is 11.7 Å². The van der Waals surface area contributed by atoms with Crippen LogP contribution in [0.4, 0.5) is 5.82 Å². The van der Waals surface area contributed by atoms with Gasteiger partial charge in [0.1, 0.15) is 11.6 Å². The number of carbonyl (C=O) groups excluding carboxylic acids is 1. The third-order valence-corrected chi connectivity index (χ3v) is 5.46. The first-order valence-corrected chi connectivity index (χ1v) is 9.92. The lowest BCUT2D eigenvalue weighted by atomic mass is 9.84. The lowest BCUT2D eigenvalue weighted by Crippen LogP contribution is -2.24. The van der Waals surface area contributed by atoms with E-state index in [2.05, 4.69) is 17.4 Å². The van der Waals surface area contributed by atoms with Crippen molar-refractivity contribution in [3.63, 3.8) is 0 Å². The minimum Gasteiger partial charge on any atom is -0.497 e. The number of carbonyl (C=O) groups is 1. The number of para-hydroxylation sites is 1. The molecule has 1 N–H and O–H groups in total. The molecule has 1 unspecified atom stereocenters. The summed E-state index contributed by atoms with van der Waals surface area (Å²) < 4.78 is 7.26. The standard InChI is InChI=1S/C25H21N3O2/c1-30-20-14-8-11-18(15-20)21-16-22(29)26-25-23(21)24(17-9-4-2-5-10-17)27-28(25)19-12-6-3-7-13-19/h2-15,21H,16H2,1H3,(H,26,29). The van der Waals surface area contributed by atoms with Crippen molar-refractivity contribution in [2.75, 3.05) is 12.4 Å². The van der Waals surface area contributed by atoms with Gasteiger partial charge >= 0.3 is 0 Å². The van der Waals surface area contributed by atoms with E-state index in [9.17, 15) is 4.79 Å². The highest BCUT2D eigenvalue weighted by atomic mass is 16.5. The molecule has 1 aliphatic rings. The number of benzene rings is 3. The van der Waals surface area contributed by atoms with Crippen molar-refractivity contribution in [2.24, 2.45) is 0 Å². The second-order valence-corrected chi connectivity index (χ2v) is 7.31. The van der Waals surface area contributed by atoms with E-state index in [1.54, 1.807) is 7.11 Å². The first-order chi connectivity index (χ1) is 14.7. The molecule has 5 rings (SSSR count). The van der Waals surface area contributed by atoms with Gasteiger partial charge in [-0.1, -0.05) is 60.7 Å². The Hall–Kier alpha value is -3.86. The second kappa shape index (κ2) is 7.52. The molecule has 1 aromatic heterocycles. The zero-order chi connectivity index (χ0) is 20.5. The molecule has 0 fully saturated rings. The summed E-state index contributed by atoms with van der Waals surface area (Å²) in [6.07, 6.45) is 0.362. The molecular formula is C25H21N3O2. The Bertz CT molecular complexity index is 1200. The van der Waals surface area contributed by atoms with Gasteiger partial charge in [-0.05, 0) is 29.8 Å². The van der Waals surface area contributed by atoms with Gasteiger partial charge in [0.2, 0.25) is 5.91 Å². The van der Waals surface area contributed by atoms with Crippen LogP contribution in [-0.4, -0.2) is 22.8 Å². The Morgan fingerprint density at radius 2 is 1.70 bits per heavy atom. The largest absolute Gasteiger partial charge is 0.497 e. The summed E-state index contributed by atoms with van der Waals surface area (Å²) in [5, 5.41) is 8.03. The van der Waals surface area contributed by atoms with Crippen LogP contribution in [0.5, 0.6) is 5.75 Å². The SMILES string of the molecule is COc1cccc(C2CC(=O)Nc3c2c(-c2ccccc2)nn3-c2ccccc2)c1. The third-order valence-electron chi connectivity index (χ3n) is 5.46. The number of nitrogens with one attached hydrogen (secondary N) is 1. The maximum Gasteiger partial charge on any atom is 0.226 e. The van der Waals surface area contributed by atoms with E-state index < -0.39 is 0 Å². The molecule has 4 aromatic rings. The third kappa shape index (κ3) is 3.14. The number of rotatable bonds is 4. The molecule has 0 aliphatic carbocycles. The van der Waals surface area contributed by atoms with Crippen molar-refractivity contribution in [3.05, 3.63) is 96.1 Å². The average molecular weight is 395 g/mol. The van der Waals surface area contributed by atoms with Crippen LogP contribution < -0.4 is 10.1 Å². The summed E-state index contributed by atoms with van der Waals surface area (Å²) >= 11 is 0. The Kier molecular flexibility index (Phi) is 4.56. The molecule has 0 saturated heterocycles. The number of nitrogens with zero attached hydrogens (tertiary/aromatic N) is 2. The van der Waals surface area contributed by atoms with Crippen molar-refractivity contribution in [1.82, 2.24) is 9.78 Å². The first-order valence-electron chi connectivity index (χ1n) is 9.92. The van der Waals surface area contributed by atoms with Crippen LogP contribution in [0, 0.1) is 0 Å². The topological polar surface area (TPSA) is 56.1 Å². The summed E-state index contributed by atoms with van der Waals surface area (Å²) in [6, 6.07) is 27.9. The summed E-state index contributed by atoms with van der Waals surface area (Å²) in [5.41, 5.74) is 4.87. The minimum atomic E-state index is -0.114. The molecular weight excluding hydrogens is 374 g/mol. The van der Waals surface area contributed by atoms with Crippen LogP contribution in [0.1, 0.15) is 23.5 Å². The minimum absolute atomic E-state index is 0.0213.